The van der Waals surface area contributed by atoms with Crippen LogP contribution in [0, 0.1) is 6.92 Å². The zero-order valence-electron chi connectivity index (χ0n) is 22.3. The van der Waals surface area contributed by atoms with Gasteiger partial charge in [0.2, 0.25) is 5.28 Å². The summed E-state index contributed by atoms with van der Waals surface area (Å²) < 4.78 is 7.27. The van der Waals surface area contributed by atoms with Crippen LogP contribution < -0.4 is 15.8 Å². The Morgan fingerprint density at radius 2 is 1.79 bits per heavy atom. The SMILES string of the molecule is Cc1c(Nc2ccc(N3CCN(C(=O)OC(C)(C)C)CC3)cn2)c(=O)n(C2CCCC2)c2nc(Cl)ncc12. The van der Waals surface area contributed by atoms with Gasteiger partial charge in [-0.1, -0.05) is 12.8 Å². The topological polar surface area (TPSA) is 105 Å². The zero-order chi connectivity index (χ0) is 27.0. The van der Waals surface area contributed by atoms with Crippen LogP contribution in [-0.2, 0) is 4.74 Å². The van der Waals surface area contributed by atoms with Gasteiger partial charge in [-0.3, -0.25) is 9.36 Å². The molecule has 1 saturated carbocycles. The maximum Gasteiger partial charge on any atom is 0.410 e. The van der Waals surface area contributed by atoms with Crippen molar-refractivity contribution in [2.75, 3.05) is 36.4 Å². The second-order valence-corrected chi connectivity index (χ2v) is 11.3. The molecule has 3 aromatic heterocycles. The molecule has 3 aromatic rings. The van der Waals surface area contributed by atoms with Gasteiger partial charge in [0, 0.05) is 43.8 Å². The molecule has 1 aliphatic carbocycles. The van der Waals surface area contributed by atoms with Gasteiger partial charge in [-0.15, -0.1) is 0 Å². The summed E-state index contributed by atoms with van der Waals surface area (Å²) in [6, 6.07) is 3.94. The van der Waals surface area contributed by atoms with Crippen molar-refractivity contribution in [2.45, 2.75) is 65.0 Å². The van der Waals surface area contributed by atoms with Crippen LogP contribution in [0.4, 0.5) is 22.0 Å². The molecule has 10 nitrogen and oxygen atoms in total. The number of aryl methyl sites for hydroxylation is 1. The molecule has 0 spiro atoms. The lowest BCUT2D eigenvalue weighted by molar-refractivity contribution is 0.0240. The fraction of sp³-hybridized carbons (Fsp3) is 0.519. The Morgan fingerprint density at radius 1 is 1.08 bits per heavy atom. The number of aromatic nitrogens is 4. The molecule has 0 radical (unpaired) electrons. The van der Waals surface area contributed by atoms with Crippen LogP contribution in [0.15, 0.2) is 29.3 Å². The van der Waals surface area contributed by atoms with Crippen LogP contribution in [0.25, 0.3) is 11.0 Å². The number of ether oxygens (including phenoxy) is 1. The smallest absolute Gasteiger partial charge is 0.410 e. The van der Waals surface area contributed by atoms with E-state index >= 15 is 0 Å². The molecule has 0 unspecified atom stereocenters. The first kappa shape index (κ1) is 26.2. The third-order valence-corrected chi connectivity index (χ3v) is 7.35. The molecule has 0 aromatic carbocycles. The van der Waals surface area contributed by atoms with E-state index in [-0.39, 0.29) is 23.0 Å². The van der Waals surface area contributed by atoms with Crippen molar-refractivity contribution in [3.8, 4) is 0 Å². The number of nitrogens with one attached hydrogen (secondary N) is 1. The first-order chi connectivity index (χ1) is 18.1. The number of amides is 1. The number of hydrogen-bond donors (Lipinski definition) is 1. The second-order valence-electron chi connectivity index (χ2n) is 11.0. The van der Waals surface area contributed by atoms with Crippen molar-refractivity contribution in [3.63, 3.8) is 0 Å². The normalized spacial score (nSPS) is 16.8. The maximum atomic E-state index is 13.7. The molecule has 1 amide bonds. The fourth-order valence-corrected chi connectivity index (χ4v) is 5.34. The predicted octanol–water partition coefficient (Wildman–Crippen LogP) is 5.06. The minimum absolute atomic E-state index is 0.0896. The lowest BCUT2D eigenvalue weighted by Crippen LogP contribution is -2.50. The van der Waals surface area contributed by atoms with Crippen LogP contribution in [0.2, 0.25) is 5.28 Å². The van der Waals surface area contributed by atoms with E-state index in [1.54, 1.807) is 21.9 Å². The quantitative estimate of drug-likeness (QED) is 0.458. The average Bonchev–Trinajstić information content (AvgIpc) is 3.40. The number of fused-ring (bicyclic) bond motifs is 1. The van der Waals surface area contributed by atoms with E-state index in [1.807, 2.05) is 39.8 Å². The number of piperazine rings is 1. The average molecular weight is 540 g/mol. The second kappa shape index (κ2) is 10.4. The number of anilines is 3. The molecule has 1 saturated heterocycles. The molecule has 5 rings (SSSR count). The molecular formula is C27H34ClN7O3. The Kier molecular flexibility index (Phi) is 7.17. The summed E-state index contributed by atoms with van der Waals surface area (Å²) >= 11 is 6.11. The summed E-state index contributed by atoms with van der Waals surface area (Å²) in [5, 5.41) is 4.19. The number of pyridine rings is 2. The van der Waals surface area contributed by atoms with Gasteiger partial charge in [0.15, 0.2) is 0 Å². The minimum Gasteiger partial charge on any atom is -0.444 e. The van der Waals surface area contributed by atoms with E-state index in [0.29, 0.717) is 43.3 Å². The standard InChI is InChI=1S/C27H34ClN7O3/c1-17-20-16-30-25(28)32-23(20)35(18-7-5-6-8-18)24(36)22(17)31-21-10-9-19(15-29-21)33-11-13-34(14-12-33)26(37)38-27(2,3)4/h9-10,15-16,18H,5-8,11-14H2,1-4H3,(H,29,31). The lowest BCUT2D eigenvalue weighted by atomic mass is 10.1. The number of rotatable bonds is 4. The van der Waals surface area contributed by atoms with E-state index in [0.717, 1.165) is 42.3 Å². The highest BCUT2D eigenvalue weighted by atomic mass is 35.5. The molecular weight excluding hydrogens is 506 g/mol. The molecule has 2 fully saturated rings. The maximum absolute atomic E-state index is 13.7. The Labute approximate surface area is 227 Å². The van der Waals surface area contributed by atoms with E-state index in [4.69, 9.17) is 16.3 Å². The molecule has 1 aliphatic heterocycles. The van der Waals surface area contributed by atoms with Gasteiger partial charge in [-0.2, -0.15) is 4.98 Å². The highest BCUT2D eigenvalue weighted by Crippen LogP contribution is 2.33. The van der Waals surface area contributed by atoms with E-state index < -0.39 is 5.60 Å². The molecule has 0 bridgehead atoms. The fourth-order valence-electron chi connectivity index (χ4n) is 5.21. The van der Waals surface area contributed by atoms with Gasteiger partial charge in [0.05, 0.1) is 11.9 Å². The van der Waals surface area contributed by atoms with E-state index in [2.05, 4.69) is 25.2 Å². The third-order valence-electron chi connectivity index (χ3n) is 7.17. The van der Waals surface area contributed by atoms with Crippen LogP contribution in [0.5, 0.6) is 0 Å². The van der Waals surface area contributed by atoms with Gasteiger partial charge < -0.3 is 19.9 Å². The monoisotopic (exact) mass is 539 g/mol. The van der Waals surface area contributed by atoms with Crippen molar-refractivity contribution >= 4 is 45.9 Å². The summed E-state index contributed by atoms with van der Waals surface area (Å²) in [5.74, 6) is 0.577. The summed E-state index contributed by atoms with van der Waals surface area (Å²) in [5.41, 5.74) is 2.15. The Bertz CT molecular complexity index is 1390. The van der Waals surface area contributed by atoms with Crippen molar-refractivity contribution in [2.24, 2.45) is 0 Å². The molecule has 4 heterocycles. The van der Waals surface area contributed by atoms with Crippen molar-refractivity contribution in [1.29, 1.82) is 0 Å². The number of nitrogens with zero attached hydrogens (tertiary/aromatic N) is 6. The van der Waals surface area contributed by atoms with Gasteiger partial charge >= 0.3 is 6.09 Å². The van der Waals surface area contributed by atoms with Crippen molar-refractivity contribution in [1.82, 2.24) is 24.4 Å². The Hall–Kier alpha value is -3.40. The number of carbonyl (C=O) groups is 1. The first-order valence-corrected chi connectivity index (χ1v) is 13.5. The minimum atomic E-state index is -0.509. The summed E-state index contributed by atoms with van der Waals surface area (Å²) in [4.78, 5) is 43.2. The third kappa shape index (κ3) is 5.41. The summed E-state index contributed by atoms with van der Waals surface area (Å²) in [7, 11) is 0. The van der Waals surface area contributed by atoms with Gasteiger partial charge in [0.1, 0.15) is 22.8 Å². The summed E-state index contributed by atoms with van der Waals surface area (Å²) in [6.45, 7) is 10.0. The highest BCUT2D eigenvalue weighted by Gasteiger charge is 2.27. The molecule has 1 N–H and O–H groups in total. The molecule has 0 atom stereocenters. The van der Waals surface area contributed by atoms with Crippen molar-refractivity contribution < 1.29 is 9.53 Å². The van der Waals surface area contributed by atoms with Crippen LogP contribution in [0.1, 0.15) is 58.1 Å². The number of halogens is 1. The molecule has 11 heteroatoms. The molecule has 202 valence electrons. The van der Waals surface area contributed by atoms with Crippen LogP contribution >= 0.6 is 11.6 Å². The van der Waals surface area contributed by atoms with Gasteiger partial charge in [-0.25, -0.2) is 14.8 Å². The Morgan fingerprint density at radius 3 is 2.42 bits per heavy atom. The molecule has 2 aliphatic rings. The van der Waals surface area contributed by atoms with E-state index in [1.165, 1.54) is 0 Å². The largest absolute Gasteiger partial charge is 0.444 e. The van der Waals surface area contributed by atoms with E-state index in [9.17, 15) is 9.59 Å². The number of hydrogen-bond acceptors (Lipinski definition) is 8. The van der Waals surface area contributed by atoms with Crippen LogP contribution in [0.3, 0.4) is 0 Å². The lowest BCUT2D eigenvalue weighted by Gasteiger charge is -2.36. The highest BCUT2D eigenvalue weighted by molar-refractivity contribution is 6.28. The van der Waals surface area contributed by atoms with Crippen molar-refractivity contribution in [3.05, 3.63) is 45.7 Å². The first-order valence-electron chi connectivity index (χ1n) is 13.1. The zero-order valence-corrected chi connectivity index (χ0v) is 23.1. The van der Waals surface area contributed by atoms with Gasteiger partial charge in [0.25, 0.3) is 5.56 Å². The molecule has 38 heavy (non-hydrogen) atoms. The number of carbonyl (C=O) groups excluding carboxylic acids is 1. The Balaban J connectivity index is 1.34. The summed E-state index contributed by atoms with van der Waals surface area (Å²) in [6.07, 6.45) is 7.24. The predicted molar refractivity (Wildman–Crippen MR) is 149 cm³/mol. The van der Waals surface area contributed by atoms with Crippen LogP contribution in [-0.4, -0.2) is 62.3 Å². The van der Waals surface area contributed by atoms with Gasteiger partial charge in [-0.05, 0) is 69.8 Å².